The Kier molecular flexibility index (Phi) is 2.73. The van der Waals surface area contributed by atoms with E-state index in [0.717, 1.165) is 19.4 Å². The third kappa shape index (κ3) is 1.97. The lowest BCUT2D eigenvalue weighted by Crippen LogP contribution is -2.50. The van der Waals surface area contributed by atoms with E-state index in [1.54, 1.807) is 4.90 Å². The summed E-state index contributed by atoms with van der Waals surface area (Å²) < 4.78 is 0. The number of nitrogens with zero attached hydrogens (tertiary/aromatic N) is 1. The lowest BCUT2D eigenvalue weighted by molar-refractivity contribution is -0.131. The van der Waals surface area contributed by atoms with Crippen molar-refractivity contribution >= 4 is 5.91 Å². The topological polar surface area (TPSA) is 46.3 Å². The van der Waals surface area contributed by atoms with E-state index < -0.39 is 0 Å². The van der Waals surface area contributed by atoms with Crippen LogP contribution in [0.15, 0.2) is 0 Å². The van der Waals surface area contributed by atoms with Crippen molar-refractivity contribution < 1.29 is 4.79 Å². The van der Waals surface area contributed by atoms with Gasteiger partial charge in [-0.1, -0.05) is 0 Å². The van der Waals surface area contributed by atoms with Crippen molar-refractivity contribution in [2.45, 2.75) is 38.1 Å². The maximum Gasteiger partial charge on any atom is 0.224 e. The van der Waals surface area contributed by atoms with Gasteiger partial charge in [-0.05, 0) is 26.2 Å². The highest BCUT2D eigenvalue weighted by Gasteiger charge is 2.35. The van der Waals surface area contributed by atoms with E-state index in [-0.39, 0.29) is 11.4 Å². The summed E-state index contributed by atoms with van der Waals surface area (Å²) in [6.07, 6.45) is 3.73. The van der Waals surface area contributed by atoms with E-state index in [1.807, 2.05) is 14.0 Å². The summed E-state index contributed by atoms with van der Waals surface area (Å²) in [7, 11) is 1.82. The molecule has 3 nitrogen and oxygen atoms in total. The Bertz CT molecular complexity index is 175. The van der Waals surface area contributed by atoms with Crippen LogP contribution in [0.1, 0.15) is 32.6 Å². The Balaban J connectivity index is 2.35. The van der Waals surface area contributed by atoms with E-state index >= 15 is 0 Å². The largest absolute Gasteiger partial charge is 0.346 e. The second-order valence-electron chi connectivity index (χ2n) is 3.80. The summed E-state index contributed by atoms with van der Waals surface area (Å²) >= 11 is 0. The fraction of sp³-hybridized carbons (Fsp3) is 0.889. The molecule has 0 aromatic carbocycles. The molecule has 1 rings (SSSR count). The van der Waals surface area contributed by atoms with Gasteiger partial charge in [-0.25, -0.2) is 0 Å². The molecule has 3 heteroatoms. The Labute approximate surface area is 73.9 Å². The van der Waals surface area contributed by atoms with Crippen molar-refractivity contribution in [3.8, 4) is 0 Å². The van der Waals surface area contributed by atoms with Gasteiger partial charge in [-0.2, -0.15) is 0 Å². The number of carbonyl (C=O) groups is 1. The monoisotopic (exact) mass is 170 g/mol. The molecule has 1 amide bonds. The van der Waals surface area contributed by atoms with Crippen molar-refractivity contribution in [3.63, 3.8) is 0 Å². The van der Waals surface area contributed by atoms with Gasteiger partial charge in [-0.3, -0.25) is 4.79 Å². The van der Waals surface area contributed by atoms with Gasteiger partial charge in [0.25, 0.3) is 0 Å². The average Bonchev–Trinajstić information content (AvgIpc) is 2.00. The molecule has 0 aromatic rings. The normalized spacial score (nSPS) is 19.9. The number of hydrogen-bond acceptors (Lipinski definition) is 2. The molecule has 0 saturated heterocycles. The molecule has 0 aromatic heterocycles. The van der Waals surface area contributed by atoms with Crippen molar-refractivity contribution in [1.82, 2.24) is 4.90 Å². The Morgan fingerprint density at radius 2 is 2.17 bits per heavy atom. The first kappa shape index (κ1) is 9.52. The molecule has 0 aliphatic heterocycles. The summed E-state index contributed by atoms with van der Waals surface area (Å²) in [4.78, 5) is 13.2. The van der Waals surface area contributed by atoms with Gasteiger partial charge in [0.15, 0.2) is 0 Å². The molecule has 2 N–H and O–H groups in total. The molecule has 1 aliphatic rings. The Hall–Kier alpha value is -0.570. The highest BCUT2D eigenvalue weighted by Crippen LogP contribution is 2.32. The van der Waals surface area contributed by atoms with Crippen molar-refractivity contribution in [2.75, 3.05) is 13.6 Å². The first-order valence-electron chi connectivity index (χ1n) is 4.60. The van der Waals surface area contributed by atoms with E-state index in [2.05, 4.69) is 0 Å². The Morgan fingerprint density at radius 1 is 1.58 bits per heavy atom. The van der Waals surface area contributed by atoms with E-state index in [0.29, 0.717) is 6.42 Å². The summed E-state index contributed by atoms with van der Waals surface area (Å²) in [5, 5.41) is 0. The fourth-order valence-electron chi connectivity index (χ4n) is 1.42. The minimum Gasteiger partial charge on any atom is -0.346 e. The number of rotatable bonds is 3. The van der Waals surface area contributed by atoms with Gasteiger partial charge >= 0.3 is 0 Å². The van der Waals surface area contributed by atoms with E-state index in [1.165, 1.54) is 6.42 Å². The molecule has 0 bridgehead atoms. The molecular formula is C9H18N2O. The van der Waals surface area contributed by atoms with Gasteiger partial charge in [0.2, 0.25) is 5.91 Å². The van der Waals surface area contributed by atoms with Crippen LogP contribution in [-0.4, -0.2) is 29.9 Å². The average molecular weight is 170 g/mol. The van der Waals surface area contributed by atoms with E-state index in [9.17, 15) is 4.79 Å². The quantitative estimate of drug-likeness (QED) is 0.679. The zero-order valence-corrected chi connectivity index (χ0v) is 7.97. The van der Waals surface area contributed by atoms with Gasteiger partial charge < -0.3 is 10.6 Å². The standard InChI is InChI=1S/C9H18N2O/c1-3-11(2)8(12)7-9(10)5-4-6-9/h3-7,10H2,1-2H3. The zero-order valence-electron chi connectivity index (χ0n) is 7.97. The fourth-order valence-corrected chi connectivity index (χ4v) is 1.42. The molecule has 0 heterocycles. The van der Waals surface area contributed by atoms with Gasteiger partial charge in [0.1, 0.15) is 0 Å². The van der Waals surface area contributed by atoms with Crippen LogP contribution in [0.4, 0.5) is 0 Å². The second-order valence-corrected chi connectivity index (χ2v) is 3.80. The molecule has 70 valence electrons. The molecule has 1 saturated carbocycles. The number of carbonyl (C=O) groups excluding carboxylic acids is 1. The lowest BCUT2D eigenvalue weighted by atomic mass is 9.75. The van der Waals surface area contributed by atoms with Crippen molar-refractivity contribution in [1.29, 1.82) is 0 Å². The van der Waals surface area contributed by atoms with Crippen LogP contribution in [0.25, 0.3) is 0 Å². The molecule has 0 radical (unpaired) electrons. The molecule has 12 heavy (non-hydrogen) atoms. The Morgan fingerprint density at radius 3 is 2.50 bits per heavy atom. The number of nitrogens with two attached hydrogens (primary N) is 1. The minimum atomic E-state index is -0.166. The zero-order chi connectivity index (χ0) is 9.19. The highest BCUT2D eigenvalue weighted by atomic mass is 16.2. The molecule has 1 aliphatic carbocycles. The first-order valence-corrected chi connectivity index (χ1v) is 4.60. The maximum atomic E-state index is 11.4. The number of amides is 1. The van der Waals surface area contributed by atoms with Crippen LogP contribution < -0.4 is 5.73 Å². The molecule has 1 fully saturated rings. The predicted molar refractivity (Wildman–Crippen MR) is 48.7 cm³/mol. The van der Waals surface area contributed by atoms with E-state index in [4.69, 9.17) is 5.73 Å². The molecule has 0 atom stereocenters. The van der Waals surface area contributed by atoms with Crippen LogP contribution in [-0.2, 0) is 4.79 Å². The third-order valence-corrected chi connectivity index (χ3v) is 2.75. The second kappa shape index (κ2) is 3.44. The van der Waals surface area contributed by atoms with Crippen LogP contribution in [0.2, 0.25) is 0 Å². The van der Waals surface area contributed by atoms with Crippen LogP contribution >= 0.6 is 0 Å². The van der Waals surface area contributed by atoms with Gasteiger partial charge in [0.05, 0.1) is 0 Å². The summed E-state index contributed by atoms with van der Waals surface area (Å²) in [6, 6.07) is 0. The van der Waals surface area contributed by atoms with Crippen molar-refractivity contribution in [2.24, 2.45) is 5.73 Å². The van der Waals surface area contributed by atoms with Crippen LogP contribution in [0.5, 0.6) is 0 Å². The SMILES string of the molecule is CCN(C)C(=O)CC1(N)CCC1. The highest BCUT2D eigenvalue weighted by molar-refractivity contribution is 5.77. The van der Waals surface area contributed by atoms with Gasteiger partial charge in [-0.15, -0.1) is 0 Å². The minimum absolute atomic E-state index is 0.166. The van der Waals surface area contributed by atoms with Crippen LogP contribution in [0.3, 0.4) is 0 Å². The smallest absolute Gasteiger partial charge is 0.224 e. The number of hydrogen-bond donors (Lipinski definition) is 1. The molecule has 0 spiro atoms. The van der Waals surface area contributed by atoms with Crippen molar-refractivity contribution in [3.05, 3.63) is 0 Å². The lowest BCUT2D eigenvalue weighted by Gasteiger charge is -2.38. The maximum absolute atomic E-state index is 11.4. The molecule has 0 unspecified atom stereocenters. The van der Waals surface area contributed by atoms with Crippen LogP contribution in [0, 0.1) is 0 Å². The summed E-state index contributed by atoms with van der Waals surface area (Å²) in [5.74, 6) is 0.180. The predicted octanol–water partition coefficient (Wildman–Crippen LogP) is 0.736. The third-order valence-electron chi connectivity index (χ3n) is 2.75. The summed E-state index contributed by atoms with van der Waals surface area (Å²) in [6.45, 7) is 2.75. The first-order chi connectivity index (χ1) is 5.57. The summed E-state index contributed by atoms with van der Waals surface area (Å²) in [5.41, 5.74) is 5.78. The molecular weight excluding hydrogens is 152 g/mol. The van der Waals surface area contributed by atoms with Gasteiger partial charge in [0, 0.05) is 25.6 Å².